The minimum absolute atomic E-state index is 0.0582. The molecule has 0 radical (unpaired) electrons. The van der Waals surface area contributed by atoms with Crippen LogP contribution in [0.1, 0.15) is 71.1 Å². The predicted octanol–water partition coefficient (Wildman–Crippen LogP) is 6.15. The molecule has 0 aliphatic carbocycles. The van der Waals surface area contributed by atoms with E-state index >= 15 is 0 Å². The van der Waals surface area contributed by atoms with Gasteiger partial charge in [-0.2, -0.15) is 4.72 Å². The lowest BCUT2D eigenvalue weighted by atomic mass is 9.94. The van der Waals surface area contributed by atoms with E-state index in [2.05, 4.69) is 17.1 Å². The second kappa shape index (κ2) is 17.5. The van der Waals surface area contributed by atoms with E-state index < -0.39 is 21.5 Å². The number of unbranched alkanes of at least 4 members (excludes halogenated alkanes) is 7. The van der Waals surface area contributed by atoms with Crippen molar-refractivity contribution >= 4 is 27.6 Å². The zero-order valence-corrected chi connectivity index (χ0v) is 24.1. The summed E-state index contributed by atoms with van der Waals surface area (Å²) in [5.41, 5.74) is 0.522. The Morgan fingerprint density at radius 1 is 0.974 bits per heavy atom. The van der Waals surface area contributed by atoms with Crippen LogP contribution in [0.5, 0.6) is 11.5 Å². The second-order valence-corrected chi connectivity index (χ2v) is 11.7. The van der Waals surface area contributed by atoms with Crippen molar-refractivity contribution in [2.24, 2.45) is 0 Å². The summed E-state index contributed by atoms with van der Waals surface area (Å²) in [6.07, 6.45) is 11.2. The number of hydrogen-bond donors (Lipinski definition) is 4. The number of rotatable bonds is 15. The van der Waals surface area contributed by atoms with E-state index in [1.54, 1.807) is 24.3 Å². The molecule has 1 atom stereocenters. The average Bonchev–Trinajstić information content (AvgIpc) is 2.92. The monoisotopic (exact) mass is 584 g/mol. The van der Waals surface area contributed by atoms with Crippen LogP contribution in [0.15, 0.2) is 53.4 Å². The first-order valence-corrected chi connectivity index (χ1v) is 15.3. The molecule has 2 aromatic rings. The molecule has 0 spiro atoms. The van der Waals surface area contributed by atoms with Gasteiger partial charge in [-0.25, -0.2) is 13.9 Å². The molecule has 3 rings (SSSR count). The van der Waals surface area contributed by atoms with Gasteiger partial charge < -0.3 is 19.8 Å². The Balaban J connectivity index is 0.000000377. The smallest absolute Gasteiger partial charge is 0.327 e. The van der Waals surface area contributed by atoms with Gasteiger partial charge in [0.2, 0.25) is 10.0 Å². The quantitative estimate of drug-likeness (QED) is 0.145. The molecule has 0 bridgehead atoms. The van der Waals surface area contributed by atoms with Gasteiger partial charge in [-0.15, -0.1) is 0 Å². The minimum atomic E-state index is -4.04. The maximum atomic E-state index is 12.6. The summed E-state index contributed by atoms with van der Waals surface area (Å²) in [6, 6.07) is 12.4. The number of nitrogens with one attached hydrogen (secondary N) is 2. The largest absolute Gasteiger partial charge is 0.480 e. The maximum absolute atomic E-state index is 12.6. The van der Waals surface area contributed by atoms with Gasteiger partial charge in [0.15, 0.2) is 5.54 Å². The van der Waals surface area contributed by atoms with Crippen LogP contribution in [0, 0.1) is 0 Å². The van der Waals surface area contributed by atoms with Crippen LogP contribution in [-0.4, -0.2) is 50.0 Å². The summed E-state index contributed by atoms with van der Waals surface area (Å²) < 4.78 is 38.4. The van der Waals surface area contributed by atoms with E-state index in [0.717, 1.165) is 13.0 Å². The minimum Gasteiger partial charge on any atom is -0.480 e. The molecule has 9 nitrogen and oxygen atoms in total. The highest BCUT2D eigenvalue weighted by molar-refractivity contribution is 7.89. The van der Waals surface area contributed by atoms with Gasteiger partial charge in [-0.05, 0) is 67.8 Å². The summed E-state index contributed by atoms with van der Waals surface area (Å²) in [7, 11) is -4.04. The van der Waals surface area contributed by atoms with Crippen molar-refractivity contribution in [3.63, 3.8) is 0 Å². The number of carboxylic acids is 1. The van der Waals surface area contributed by atoms with E-state index in [-0.39, 0.29) is 17.9 Å². The molecule has 1 aliphatic heterocycles. The van der Waals surface area contributed by atoms with Crippen molar-refractivity contribution in [3.8, 4) is 11.5 Å². The SMILES string of the molecule is CCCCCCCCCCNO.O=C(O)C1(NS(=O)(=O)c2ccc(Oc3ccc(Cl)cc3)cc2)CCCOC1. The molecule has 1 heterocycles. The third-order valence-corrected chi connectivity index (χ3v) is 8.11. The fourth-order valence-electron chi connectivity index (χ4n) is 4.07. The van der Waals surface area contributed by atoms with Crippen molar-refractivity contribution in [3.05, 3.63) is 53.6 Å². The third-order valence-electron chi connectivity index (χ3n) is 6.31. The number of aliphatic carboxylic acids is 1. The summed E-state index contributed by atoms with van der Waals surface area (Å²) in [5, 5.41) is 18.4. The first kappa shape index (κ1) is 33.0. The Morgan fingerprint density at radius 2 is 1.54 bits per heavy atom. The zero-order valence-electron chi connectivity index (χ0n) is 22.5. The van der Waals surface area contributed by atoms with Gasteiger partial charge in [0, 0.05) is 18.2 Å². The number of hydroxylamine groups is 1. The maximum Gasteiger partial charge on any atom is 0.327 e. The van der Waals surface area contributed by atoms with Crippen LogP contribution in [0.3, 0.4) is 0 Å². The van der Waals surface area contributed by atoms with Gasteiger partial charge in [0.25, 0.3) is 0 Å². The topological polar surface area (TPSA) is 134 Å². The highest BCUT2D eigenvalue weighted by Crippen LogP contribution is 2.26. The lowest BCUT2D eigenvalue weighted by Gasteiger charge is -2.33. The first-order chi connectivity index (χ1) is 18.7. The fourth-order valence-corrected chi connectivity index (χ4v) is 5.57. The van der Waals surface area contributed by atoms with E-state index in [1.165, 1.54) is 69.2 Å². The average molecular weight is 585 g/mol. The summed E-state index contributed by atoms with van der Waals surface area (Å²) in [6.45, 7) is 3.19. The highest BCUT2D eigenvalue weighted by atomic mass is 35.5. The number of carbonyl (C=O) groups is 1. The third kappa shape index (κ3) is 11.8. The highest BCUT2D eigenvalue weighted by Gasteiger charge is 2.44. The normalized spacial score (nSPS) is 17.2. The molecule has 11 heteroatoms. The molecule has 1 aliphatic rings. The summed E-state index contributed by atoms with van der Waals surface area (Å²) >= 11 is 5.82. The van der Waals surface area contributed by atoms with Crippen molar-refractivity contribution in [1.82, 2.24) is 10.2 Å². The Labute approximate surface area is 236 Å². The fraction of sp³-hybridized carbons (Fsp3) is 0.536. The predicted molar refractivity (Wildman–Crippen MR) is 151 cm³/mol. The Bertz CT molecular complexity index is 1060. The van der Waals surface area contributed by atoms with Crippen LogP contribution in [-0.2, 0) is 19.6 Å². The molecule has 1 unspecified atom stereocenters. The van der Waals surface area contributed by atoms with E-state index in [0.29, 0.717) is 29.5 Å². The van der Waals surface area contributed by atoms with Crippen molar-refractivity contribution in [2.75, 3.05) is 19.8 Å². The Morgan fingerprint density at radius 3 is 2.05 bits per heavy atom. The van der Waals surface area contributed by atoms with Gasteiger partial charge in [-0.1, -0.05) is 63.5 Å². The Kier molecular flexibility index (Phi) is 14.8. The van der Waals surface area contributed by atoms with Crippen LogP contribution < -0.4 is 14.9 Å². The van der Waals surface area contributed by atoms with Gasteiger partial charge >= 0.3 is 5.97 Å². The molecular weight excluding hydrogens is 544 g/mol. The van der Waals surface area contributed by atoms with E-state index in [1.807, 2.05) is 0 Å². The number of benzene rings is 2. The first-order valence-electron chi connectivity index (χ1n) is 13.5. The van der Waals surface area contributed by atoms with E-state index in [4.69, 9.17) is 26.3 Å². The van der Waals surface area contributed by atoms with Gasteiger partial charge in [0.05, 0.1) is 11.5 Å². The molecule has 4 N–H and O–H groups in total. The number of sulfonamides is 1. The van der Waals surface area contributed by atoms with Gasteiger partial charge in [-0.3, -0.25) is 4.79 Å². The molecule has 39 heavy (non-hydrogen) atoms. The lowest BCUT2D eigenvalue weighted by Crippen LogP contribution is -2.59. The molecule has 1 fully saturated rings. The van der Waals surface area contributed by atoms with Crippen molar-refractivity contribution < 1.29 is 33.0 Å². The van der Waals surface area contributed by atoms with E-state index in [9.17, 15) is 18.3 Å². The number of halogens is 1. The molecule has 218 valence electrons. The van der Waals surface area contributed by atoms with Gasteiger partial charge in [0.1, 0.15) is 11.5 Å². The zero-order chi connectivity index (χ0) is 28.6. The lowest BCUT2D eigenvalue weighted by molar-refractivity contribution is -0.149. The van der Waals surface area contributed by atoms with Crippen molar-refractivity contribution in [2.45, 2.75) is 81.6 Å². The summed E-state index contributed by atoms with van der Waals surface area (Å²) in [4.78, 5) is 11.6. The standard InChI is InChI=1S/C18H18ClNO6S.C10H23NO/c19-13-2-4-14(5-3-13)26-15-6-8-16(9-7-15)27(23,24)20-18(17(21)22)10-1-11-25-12-18;1-2-3-4-5-6-7-8-9-10-11-12/h2-9,20H,1,10-12H2,(H,21,22);11-12H,2-10H2,1H3. The number of carboxylic acid groups (broad SMARTS) is 1. The molecule has 0 amide bonds. The molecule has 0 saturated carbocycles. The van der Waals surface area contributed by atoms with Crippen molar-refractivity contribution in [1.29, 1.82) is 0 Å². The molecule has 1 saturated heterocycles. The second-order valence-electron chi connectivity index (χ2n) is 9.56. The summed E-state index contributed by atoms with van der Waals surface area (Å²) in [5.74, 6) is -0.268. The Hall–Kier alpha value is -2.21. The molecular formula is C28H41ClN2O7S. The molecule has 0 aromatic heterocycles. The number of hydrogen-bond acceptors (Lipinski definition) is 7. The molecule has 2 aromatic carbocycles. The van der Waals surface area contributed by atoms with Crippen LogP contribution >= 0.6 is 11.6 Å². The van der Waals surface area contributed by atoms with Crippen LogP contribution in [0.2, 0.25) is 5.02 Å². The number of ether oxygens (including phenoxy) is 2. The van der Waals surface area contributed by atoms with Crippen LogP contribution in [0.25, 0.3) is 0 Å². The van der Waals surface area contributed by atoms with Crippen LogP contribution in [0.4, 0.5) is 0 Å².